The Morgan fingerprint density at radius 1 is 1.28 bits per heavy atom. The van der Waals surface area contributed by atoms with Crippen molar-refractivity contribution in [3.63, 3.8) is 0 Å². The summed E-state index contributed by atoms with van der Waals surface area (Å²) in [5, 5.41) is 10.4. The summed E-state index contributed by atoms with van der Waals surface area (Å²) >= 11 is 0. The second kappa shape index (κ2) is 8.64. The van der Waals surface area contributed by atoms with Crippen LogP contribution in [-0.4, -0.2) is 39.3 Å². The molecule has 32 heavy (non-hydrogen) atoms. The molecule has 3 aromatic rings. The number of alkyl halides is 3. The lowest BCUT2D eigenvalue weighted by Crippen LogP contribution is -2.26. The van der Waals surface area contributed by atoms with Crippen LogP contribution in [0.4, 0.5) is 18.9 Å². The molecule has 9 heteroatoms. The number of aromatic nitrogens is 3. The number of hydrogen-bond acceptors (Lipinski definition) is 4. The van der Waals surface area contributed by atoms with Crippen molar-refractivity contribution < 1.29 is 18.0 Å². The summed E-state index contributed by atoms with van der Waals surface area (Å²) in [4.78, 5) is 16.8. The average molecular weight is 443 g/mol. The van der Waals surface area contributed by atoms with Crippen LogP contribution in [0.1, 0.15) is 47.8 Å². The zero-order valence-electron chi connectivity index (χ0n) is 17.8. The number of carbonyl (C=O) groups excluding carboxylic acids is 1. The van der Waals surface area contributed by atoms with Gasteiger partial charge in [-0.2, -0.15) is 18.3 Å². The third kappa shape index (κ3) is 4.92. The molecule has 0 aliphatic heterocycles. The van der Waals surface area contributed by atoms with Crippen molar-refractivity contribution in [1.82, 2.24) is 19.9 Å². The topological polar surface area (TPSA) is 71.3 Å². The molecule has 0 radical (unpaired) electrons. The van der Waals surface area contributed by atoms with E-state index in [0.29, 0.717) is 28.3 Å². The minimum atomic E-state index is -4.24. The Hall–Kier alpha value is -3.36. The highest BCUT2D eigenvalue weighted by Crippen LogP contribution is 2.28. The van der Waals surface area contributed by atoms with E-state index < -0.39 is 12.6 Å². The van der Waals surface area contributed by atoms with Gasteiger partial charge in [-0.25, -0.2) is 9.50 Å². The number of benzene rings is 1. The first-order valence-corrected chi connectivity index (χ1v) is 10.5. The Bertz CT molecular complexity index is 1180. The van der Waals surface area contributed by atoms with Crippen molar-refractivity contribution in [1.29, 1.82) is 0 Å². The molecule has 2 N–H and O–H groups in total. The Kier molecular flexibility index (Phi) is 5.90. The molecule has 1 aliphatic rings. The number of carbonyl (C=O) groups is 1. The van der Waals surface area contributed by atoms with E-state index in [-0.39, 0.29) is 18.5 Å². The first-order chi connectivity index (χ1) is 15.2. The summed E-state index contributed by atoms with van der Waals surface area (Å²) in [6.45, 7) is 3.45. The summed E-state index contributed by atoms with van der Waals surface area (Å²) in [6.07, 6.45) is 2.06. The maximum absolute atomic E-state index is 12.6. The van der Waals surface area contributed by atoms with Gasteiger partial charge in [-0.1, -0.05) is 12.1 Å². The molecule has 0 saturated heterocycles. The van der Waals surface area contributed by atoms with E-state index in [1.54, 1.807) is 28.9 Å². The molecule has 4 rings (SSSR count). The van der Waals surface area contributed by atoms with E-state index in [2.05, 4.69) is 20.7 Å². The molecule has 1 fully saturated rings. The number of fused-ring (bicyclic) bond motifs is 1. The van der Waals surface area contributed by atoms with Crippen molar-refractivity contribution in [2.24, 2.45) is 0 Å². The maximum Gasteiger partial charge on any atom is 0.390 e. The van der Waals surface area contributed by atoms with Crippen molar-refractivity contribution in [3.8, 4) is 11.3 Å². The van der Waals surface area contributed by atoms with Crippen LogP contribution in [0.3, 0.4) is 0 Å². The highest BCUT2D eigenvalue weighted by Gasteiger charge is 2.27. The van der Waals surface area contributed by atoms with E-state index in [1.165, 1.54) is 0 Å². The summed E-state index contributed by atoms with van der Waals surface area (Å²) in [5.41, 5.74) is 4.43. The summed E-state index contributed by atoms with van der Waals surface area (Å²) in [7, 11) is 0. The number of allylic oxidation sites excluding steroid dienone is 1. The lowest BCUT2D eigenvalue weighted by molar-refractivity contribution is -0.131. The summed E-state index contributed by atoms with van der Waals surface area (Å²) in [5.74, 6) is -0.0839. The number of imidazole rings is 1. The monoisotopic (exact) mass is 443 g/mol. The fraction of sp³-hybridized carbons (Fsp3) is 0.348. The Labute approximate surface area is 183 Å². The van der Waals surface area contributed by atoms with Gasteiger partial charge in [0.15, 0.2) is 5.65 Å². The highest BCUT2D eigenvalue weighted by molar-refractivity contribution is 5.96. The number of rotatable bonds is 7. The molecule has 1 amide bonds. The lowest BCUT2D eigenvalue weighted by Gasteiger charge is -2.12. The van der Waals surface area contributed by atoms with Gasteiger partial charge in [-0.15, -0.1) is 0 Å². The van der Waals surface area contributed by atoms with Gasteiger partial charge in [0, 0.05) is 23.7 Å². The van der Waals surface area contributed by atoms with Crippen LogP contribution in [0.25, 0.3) is 23.0 Å². The van der Waals surface area contributed by atoms with E-state index in [1.807, 2.05) is 32.1 Å². The Morgan fingerprint density at radius 2 is 2.06 bits per heavy atom. The molecular weight excluding hydrogens is 419 g/mol. The normalized spacial score (nSPS) is 14.3. The highest BCUT2D eigenvalue weighted by atomic mass is 19.4. The first-order valence-electron chi connectivity index (χ1n) is 10.5. The molecule has 0 atom stereocenters. The molecule has 0 bridgehead atoms. The Morgan fingerprint density at radius 3 is 2.72 bits per heavy atom. The zero-order chi connectivity index (χ0) is 22.9. The van der Waals surface area contributed by atoms with Gasteiger partial charge < -0.3 is 10.6 Å². The largest absolute Gasteiger partial charge is 0.390 e. The molecule has 1 aromatic carbocycles. The van der Waals surface area contributed by atoms with Crippen molar-refractivity contribution in [3.05, 3.63) is 53.4 Å². The lowest BCUT2D eigenvalue weighted by atomic mass is 10.0. The quantitative estimate of drug-likeness (QED) is 0.540. The molecule has 0 unspecified atom stereocenters. The van der Waals surface area contributed by atoms with Gasteiger partial charge in [0.1, 0.15) is 0 Å². The number of anilines is 1. The predicted octanol–water partition coefficient (Wildman–Crippen LogP) is 4.99. The Balaban J connectivity index is 1.68. The van der Waals surface area contributed by atoms with Gasteiger partial charge in [0.25, 0.3) is 5.91 Å². The van der Waals surface area contributed by atoms with Crippen LogP contribution in [0.5, 0.6) is 0 Å². The number of amides is 1. The average Bonchev–Trinajstić information content (AvgIpc) is 3.42. The van der Waals surface area contributed by atoms with Crippen LogP contribution in [0, 0.1) is 6.92 Å². The number of halogens is 3. The van der Waals surface area contributed by atoms with E-state index in [0.717, 1.165) is 24.0 Å². The standard InChI is InChI=1S/C23H24F3N5O/c1-3-4-17-12-19(27-10-9-23(24,25)26)21-28-13-20(31(21)30-17)15-5-8-18(14(2)11-15)22(32)29-16-6-7-16/h3-5,8,11-13,16,27H,6-7,9-10H2,1-2H3,(H,29,32). The minimum absolute atomic E-state index is 0.0839. The van der Waals surface area contributed by atoms with Gasteiger partial charge in [-0.05, 0) is 56.5 Å². The molecule has 0 spiro atoms. The molecule has 2 heterocycles. The molecule has 1 saturated carbocycles. The third-order valence-electron chi connectivity index (χ3n) is 5.23. The predicted molar refractivity (Wildman–Crippen MR) is 118 cm³/mol. The number of nitrogens with zero attached hydrogens (tertiary/aromatic N) is 3. The van der Waals surface area contributed by atoms with Crippen LogP contribution in [0.2, 0.25) is 0 Å². The van der Waals surface area contributed by atoms with Crippen LogP contribution in [-0.2, 0) is 0 Å². The fourth-order valence-corrected chi connectivity index (χ4v) is 3.47. The number of hydrogen-bond donors (Lipinski definition) is 2. The van der Waals surface area contributed by atoms with Crippen molar-refractivity contribution >= 4 is 23.3 Å². The maximum atomic E-state index is 12.6. The van der Waals surface area contributed by atoms with Crippen LogP contribution >= 0.6 is 0 Å². The van der Waals surface area contributed by atoms with Gasteiger partial charge in [0.2, 0.25) is 0 Å². The molecule has 1 aliphatic carbocycles. The molecular formula is C23H24F3N5O. The minimum Gasteiger partial charge on any atom is -0.382 e. The van der Waals surface area contributed by atoms with E-state index in [4.69, 9.17) is 0 Å². The summed E-state index contributed by atoms with van der Waals surface area (Å²) < 4.78 is 39.4. The summed E-state index contributed by atoms with van der Waals surface area (Å²) in [6, 6.07) is 7.46. The molecule has 2 aromatic heterocycles. The van der Waals surface area contributed by atoms with Crippen LogP contribution in [0.15, 0.2) is 36.5 Å². The molecule has 6 nitrogen and oxygen atoms in total. The van der Waals surface area contributed by atoms with E-state index in [9.17, 15) is 18.0 Å². The van der Waals surface area contributed by atoms with Gasteiger partial charge >= 0.3 is 6.18 Å². The molecule has 168 valence electrons. The van der Waals surface area contributed by atoms with Gasteiger partial charge in [0.05, 0.1) is 29.7 Å². The number of nitrogens with one attached hydrogen (secondary N) is 2. The zero-order valence-corrected chi connectivity index (χ0v) is 17.8. The van der Waals surface area contributed by atoms with Crippen LogP contribution < -0.4 is 10.6 Å². The third-order valence-corrected chi connectivity index (χ3v) is 5.23. The first kappa shape index (κ1) is 21.9. The van der Waals surface area contributed by atoms with E-state index >= 15 is 0 Å². The SMILES string of the molecule is CC=Cc1cc(NCCC(F)(F)F)c2ncc(-c3ccc(C(=O)NC4CC4)c(C)c3)n2n1. The fourth-order valence-electron chi connectivity index (χ4n) is 3.47. The van der Waals surface area contributed by atoms with Gasteiger partial charge in [-0.3, -0.25) is 4.79 Å². The van der Waals surface area contributed by atoms with Crippen molar-refractivity contribution in [2.45, 2.75) is 45.3 Å². The smallest absolute Gasteiger partial charge is 0.382 e. The van der Waals surface area contributed by atoms with Crippen molar-refractivity contribution in [2.75, 3.05) is 11.9 Å². The second-order valence-electron chi connectivity index (χ2n) is 7.93. The number of aryl methyl sites for hydroxylation is 1. The second-order valence-corrected chi connectivity index (χ2v) is 7.93.